The second kappa shape index (κ2) is 11.0. The minimum Gasteiger partial charge on any atom is -0.301 e. The van der Waals surface area contributed by atoms with Gasteiger partial charge in [-0.2, -0.15) is 0 Å². The summed E-state index contributed by atoms with van der Waals surface area (Å²) in [6.45, 7) is 6.91. The molecule has 1 saturated carbocycles. The molecule has 0 saturated heterocycles. The fourth-order valence-electron chi connectivity index (χ4n) is 4.56. The Morgan fingerprint density at radius 3 is 2.29 bits per heavy atom. The molecule has 1 fully saturated rings. The van der Waals surface area contributed by atoms with Crippen molar-refractivity contribution in [3.63, 3.8) is 0 Å². The highest BCUT2D eigenvalue weighted by molar-refractivity contribution is 6.21. The molecule has 2 heteroatoms. The third kappa shape index (κ3) is 6.09. The van der Waals surface area contributed by atoms with Crippen LogP contribution in [-0.2, 0) is 12.8 Å². The van der Waals surface area contributed by atoms with Crippen molar-refractivity contribution in [2.75, 3.05) is 13.1 Å². The zero-order chi connectivity index (χ0) is 19.8. The van der Waals surface area contributed by atoms with Crippen LogP contribution < -0.4 is 0 Å². The van der Waals surface area contributed by atoms with Gasteiger partial charge < -0.3 is 4.90 Å². The summed E-state index contributed by atoms with van der Waals surface area (Å²) in [4.78, 5) is 2.61. The Labute approximate surface area is 177 Å². The van der Waals surface area contributed by atoms with Crippen molar-refractivity contribution in [1.82, 2.24) is 4.90 Å². The lowest BCUT2D eigenvalue weighted by Crippen LogP contribution is -2.35. The van der Waals surface area contributed by atoms with Crippen LogP contribution in [0.25, 0.3) is 0 Å². The van der Waals surface area contributed by atoms with E-state index in [1.165, 1.54) is 48.8 Å². The molecule has 1 nitrogen and oxygen atoms in total. The number of benzene rings is 2. The normalized spacial score (nSPS) is 21.0. The predicted molar refractivity (Wildman–Crippen MR) is 122 cm³/mol. The molecule has 3 rings (SSSR count). The topological polar surface area (TPSA) is 3.24 Å². The maximum absolute atomic E-state index is 6.58. The summed E-state index contributed by atoms with van der Waals surface area (Å²) in [5, 5.41) is 0.322. The summed E-state index contributed by atoms with van der Waals surface area (Å²) in [5.41, 5.74) is 4.33. The van der Waals surface area contributed by atoms with Crippen LogP contribution in [0.4, 0.5) is 0 Å². The Bertz CT molecular complexity index is 681. The summed E-state index contributed by atoms with van der Waals surface area (Å²) in [5.74, 6) is 0.553. The van der Waals surface area contributed by atoms with Gasteiger partial charge in [-0.25, -0.2) is 0 Å². The summed E-state index contributed by atoms with van der Waals surface area (Å²) < 4.78 is 0. The van der Waals surface area contributed by atoms with Crippen molar-refractivity contribution in [3.05, 3.63) is 71.3 Å². The highest BCUT2D eigenvalue weighted by Crippen LogP contribution is 2.36. The van der Waals surface area contributed by atoms with Gasteiger partial charge in [-0.05, 0) is 62.3 Å². The van der Waals surface area contributed by atoms with Crippen LogP contribution in [0.15, 0.2) is 54.6 Å². The fraction of sp³-hybridized carbons (Fsp3) is 0.538. The van der Waals surface area contributed by atoms with E-state index in [4.69, 9.17) is 11.6 Å². The molecule has 0 radical (unpaired) electrons. The molecular weight excluding hydrogens is 362 g/mol. The van der Waals surface area contributed by atoms with Gasteiger partial charge in [-0.3, -0.25) is 0 Å². The molecule has 0 heterocycles. The number of nitrogens with zero attached hydrogens (tertiary/aromatic N) is 1. The Kier molecular flexibility index (Phi) is 8.43. The van der Waals surface area contributed by atoms with Gasteiger partial charge in [0.05, 0.1) is 0 Å². The Balaban J connectivity index is 1.48. The van der Waals surface area contributed by atoms with E-state index in [1.54, 1.807) is 0 Å². The largest absolute Gasteiger partial charge is 0.301 e. The first kappa shape index (κ1) is 21.4. The Hall–Kier alpha value is -1.31. The van der Waals surface area contributed by atoms with E-state index in [0.29, 0.717) is 17.3 Å². The molecule has 152 valence electrons. The third-order valence-corrected chi connectivity index (χ3v) is 7.02. The van der Waals surface area contributed by atoms with Gasteiger partial charge in [0.25, 0.3) is 0 Å². The molecule has 3 unspecified atom stereocenters. The van der Waals surface area contributed by atoms with Crippen molar-refractivity contribution >= 4 is 11.6 Å². The summed E-state index contributed by atoms with van der Waals surface area (Å²) >= 11 is 6.58. The van der Waals surface area contributed by atoms with Gasteiger partial charge in [-0.15, -0.1) is 11.6 Å². The lowest BCUT2D eigenvalue weighted by molar-refractivity contribution is 0.212. The highest BCUT2D eigenvalue weighted by Gasteiger charge is 2.24. The average molecular weight is 398 g/mol. The van der Waals surface area contributed by atoms with E-state index in [9.17, 15) is 0 Å². The Morgan fingerprint density at radius 2 is 1.61 bits per heavy atom. The first-order valence-electron chi connectivity index (χ1n) is 11.2. The number of likely N-dealkylation sites (N-methyl/N-ethyl adjacent to an activating group) is 1. The monoisotopic (exact) mass is 397 g/mol. The zero-order valence-electron chi connectivity index (χ0n) is 17.6. The molecule has 0 amide bonds. The van der Waals surface area contributed by atoms with Crippen molar-refractivity contribution in [3.8, 4) is 0 Å². The van der Waals surface area contributed by atoms with Gasteiger partial charge in [0.2, 0.25) is 0 Å². The maximum atomic E-state index is 6.58. The van der Waals surface area contributed by atoms with Gasteiger partial charge in [0, 0.05) is 23.9 Å². The van der Waals surface area contributed by atoms with Gasteiger partial charge in [0.1, 0.15) is 0 Å². The van der Waals surface area contributed by atoms with Crippen LogP contribution >= 0.6 is 11.6 Å². The standard InChI is InChI=1S/C26H36ClN/c1-3-28(20-19-22-9-5-4-6-10-22)21(2)13-14-23-15-17-24(18-16-23)25-11-7-8-12-26(25)27/h4-6,9-10,15-18,21,25-26H,3,7-8,11-14,19-20H2,1-2H3. The lowest BCUT2D eigenvalue weighted by Gasteiger charge is -2.28. The van der Waals surface area contributed by atoms with E-state index in [1.807, 2.05) is 0 Å². The smallest absolute Gasteiger partial charge is 0.0404 e. The molecule has 0 aliphatic heterocycles. The van der Waals surface area contributed by atoms with E-state index in [0.717, 1.165) is 25.9 Å². The van der Waals surface area contributed by atoms with E-state index >= 15 is 0 Å². The number of rotatable bonds is 9. The molecule has 2 aromatic carbocycles. The van der Waals surface area contributed by atoms with E-state index in [-0.39, 0.29) is 0 Å². The van der Waals surface area contributed by atoms with Gasteiger partial charge >= 0.3 is 0 Å². The summed E-state index contributed by atoms with van der Waals surface area (Å²) in [6, 6.07) is 20.8. The van der Waals surface area contributed by atoms with Crippen LogP contribution in [0, 0.1) is 0 Å². The van der Waals surface area contributed by atoms with Gasteiger partial charge in [-0.1, -0.05) is 74.4 Å². The lowest BCUT2D eigenvalue weighted by atomic mass is 9.83. The van der Waals surface area contributed by atoms with E-state index in [2.05, 4.69) is 73.3 Å². The zero-order valence-corrected chi connectivity index (χ0v) is 18.4. The van der Waals surface area contributed by atoms with Crippen LogP contribution in [-0.4, -0.2) is 29.4 Å². The fourth-order valence-corrected chi connectivity index (χ4v) is 4.98. The first-order valence-corrected chi connectivity index (χ1v) is 11.6. The molecule has 0 N–H and O–H groups in total. The van der Waals surface area contributed by atoms with Crippen LogP contribution in [0.3, 0.4) is 0 Å². The predicted octanol–water partition coefficient (Wildman–Crippen LogP) is 6.84. The second-order valence-electron chi connectivity index (χ2n) is 8.40. The minimum atomic E-state index is 0.322. The van der Waals surface area contributed by atoms with Gasteiger partial charge in [0.15, 0.2) is 0 Å². The molecular formula is C26H36ClN. The minimum absolute atomic E-state index is 0.322. The Morgan fingerprint density at radius 1 is 0.929 bits per heavy atom. The summed E-state index contributed by atoms with van der Waals surface area (Å²) in [7, 11) is 0. The highest BCUT2D eigenvalue weighted by atomic mass is 35.5. The number of hydrogen-bond acceptors (Lipinski definition) is 1. The van der Waals surface area contributed by atoms with Crippen molar-refractivity contribution in [2.45, 2.75) is 76.1 Å². The number of halogens is 1. The van der Waals surface area contributed by atoms with E-state index < -0.39 is 0 Å². The summed E-state index contributed by atoms with van der Waals surface area (Å²) in [6.07, 6.45) is 8.52. The van der Waals surface area contributed by atoms with Crippen molar-refractivity contribution < 1.29 is 0 Å². The third-order valence-electron chi connectivity index (χ3n) is 6.50. The molecule has 1 aliphatic rings. The van der Waals surface area contributed by atoms with Crippen LogP contribution in [0.1, 0.15) is 68.6 Å². The SMILES string of the molecule is CCN(CCc1ccccc1)C(C)CCc1ccc(C2CCCCC2Cl)cc1. The number of alkyl halides is 1. The molecule has 0 spiro atoms. The second-order valence-corrected chi connectivity index (χ2v) is 8.96. The quantitative estimate of drug-likeness (QED) is 0.419. The molecule has 0 bridgehead atoms. The van der Waals surface area contributed by atoms with Crippen molar-refractivity contribution in [2.24, 2.45) is 0 Å². The van der Waals surface area contributed by atoms with Crippen molar-refractivity contribution in [1.29, 1.82) is 0 Å². The molecule has 28 heavy (non-hydrogen) atoms. The maximum Gasteiger partial charge on any atom is 0.0404 e. The van der Waals surface area contributed by atoms with Crippen LogP contribution in [0.5, 0.6) is 0 Å². The van der Waals surface area contributed by atoms with Crippen LogP contribution in [0.2, 0.25) is 0 Å². The molecule has 2 aromatic rings. The number of hydrogen-bond donors (Lipinski definition) is 0. The first-order chi connectivity index (χ1) is 13.7. The number of aryl methyl sites for hydroxylation is 1. The molecule has 1 aliphatic carbocycles. The molecule has 0 aromatic heterocycles. The molecule has 3 atom stereocenters. The average Bonchev–Trinajstić information content (AvgIpc) is 2.74.